The van der Waals surface area contributed by atoms with E-state index in [9.17, 15) is 4.79 Å². The van der Waals surface area contributed by atoms with E-state index in [4.69, 9.17) is 5.26 Å². The molecule has 3 nitrogen and oxygen atoms in total. The highest BCUT2D eigenvalue weighted by Gasteiger charge is 2.16. The summed E-state index contributed by atoms with van der Waals surface area (Å²) in [5.41, 5.74) is 2.57. The van der Waals surface area contributed by atoms with Crippen molar-refractivity contribution in [2.75, 3.05) is 0 Å². The second kappa shape index (κ2) is 4.95. The molecule has 1 heterocycles. The van der Waals surface area contributed by atoms with E-state index in [1.807, 2.05) is 24.3 Å². The maximum absolute atomic E-state index is 12.6. The van der Waals surface area contributed by atoms with Gasteiger partial charge in [-0.1, -0.05) is 28.1 Å². The number of benzene rings is 2. The van der Waals surface area contributed by atoms with E-state index in [-0.39, 0.29) is 5.78 Å². The molecule has 0 aliphatic rings. The summed E-state index contributed by atoms with van der Waals surface area (Å²) in [5.74, 6) is -0.0705. The summed E-state index contributed by atoms with van der Waals surface area (Å²) in [6.45, 7) is 0. The van der Waals surface area contributed by atoms with Crippen molar-refractivity contribution in [3.8, 4) is 6.07 Å². The van der Waals surface area contributed by atoms with Gasteiger partial charge in [0.25, 0.3) is 0 Å². The van der Waals surface area contributed by atoms with Gasteiger partial charge in [0, 0.05) is 32.7 Å². The number of hydrogen-bond acceptors (Lipinski definition) is 2. The number of hydrogen-bond donors (Lipinski definition) is 1. The Morgan fingerprint density at radius 3 is 2.70 bits per heavy atom. The molecule has 0 atom stereocenters. The Morgan fingerprint density at radius 2 is 1.95 bits per heavy atom. The minimum absolute atomic E-state index is 0.0705. The summed E-state index contributed by atoms with van der Waals surface area (Å²) in [4.78, 5) is 15.7. The van der Waals surface area contributed by atoms with Gasteiger partial charge < -0.3 is 4.98 Å². The first-order valence-electron chi connectivity index (χ1n) is 6.01. The van der Waals surface area contributed by atoms with Crippen LogP contribution < -0.4 is 0 Å². The summed E-state index contributed by atoms with van der Waals surface area (Å²) in [6.07, 6.45) is 1.69. The van der Waals surface area contributed by atoms with Crippen LogP contribution in [0.3, 0.4) is 0 Å². The lowest BCUT2D eigenvalue weighted by Gasteiger charge is -2.02. The Morgan fingerprint density at radius 1 is 1.15 bits per heavy atom. The molecule has 0 spiro atoms. The molecule has 0 amide bonds. The minimum atomic E-state index is -0.0705. The van der Waals surface area contributed by atoms with Gasteiger partial charge in [0.2, 0.25) is 0 Å². The SMILES string of the molecule is N#Cc1ccc2[nH]cc(C(=O)c3ccccc3Br)c2c1. The lowest BCUT2D eigenvalue weighted by Crippen LogP contribution is -2.01. The van der Waals surface area contributed by atoms with E-state index in [0.29, 0.717) is 16.7 Å². The molecule has 2 aromatic carbocycles. The molecular weight excluding hydrogens is 316 g/mol. The van der Waals surface area contributed by atoms with Gasteiger partial charge in [-0.05, 0) is 30.3 Å². The summed E-state index contributed by atoms with van der Waals surface area (Å²) in [7, 11) is 0. The van der Waals surface area contributed by atoms with Crippen LogP contribution in [0.15, 0.2) is 53.1 Å². The summed E-state index contributed by atoms with van der Waals surface area (Å²) in [5, 5.41) is 9.74. The van der Waals surface area contributed by atoms with Crippen LogP contribution in [-0.4, -0.2) is 10.8 Å². The zero-order valence-electron chi connectivity index (χ0n) is 10.4. The Hall–Kier alpha value is -2.38. The maximum Gasteiger partial charge on any atom is 0.196 e. The van der Waals surface area contributed by atoms with Gasteiger partial charge in [-0.15, -0.1) is 0 Å². The first kappa shape index (κ1) is 12.6. The maximum atomic E-state index is 12.6. The molecule has 3 aromatic rings. The highest BCUT2D eigenvalue weighted by molar-refractivity contribution is 9.10. The quantitative estimate of drug-likeness (QED) is 0.723. The third-order valence-electron chi connectivity index (χ3n) is 3.17. The third kappa shape index (κ3) is 2.02. The Kier molecular flexibility index (Phi) is 3.13. The lowest BCUT2D eigenvalue weighted by atomic mass is 10.0. The predicted octanol–water partition coefficient (Wildman–Crippen LogP) is 4.03. The number of fused-ring (bicyclic) bond motifs is 1. The van der Waals surface area contributed by atoms with E-state index in [1.165, 1.54) is 0 Å². The highest BCUT2D eigenvalue weighted by Crippen LogP contribution is 2.25. The van der Waals surface area contributed by atoms with Gasteiger partial charge in [0.15, 0.2) is 5.78 Å². The third-order valence-corrected chi connectivity index (χ3v) is 3.87. The van der Waals surface area contributed by atoms with Crippen molar-refractivity contribution in [2.45, 2.75) is 0 Å². The van der Waals surface area contributed by atoms with E-state index < -0.39 is 0 Å². The molecule has 0 fully saturated rings. The van der Waals surface area contributed by atoms with Crippen LogP contribution in [0.1, 0.15) is 21.5 Å². The molecule has 20 heavy (non-hydrogen) atoms. The average Bonchev–Trinajstić information content (AvgIpc) is 2.89. The number of nitrogens with one attached hydrogen (secondary N) is 1. The number of aromatic amines is 1. The van der Waals surface area contributed by atoms with Gasteiger partial charge in [-0.2, -0.15) is 5.26 Å². The molecule has 96 valence electrons. The normalized spacial score (nSPS) is 10.4. The zero-order valence-corrected chi connectivity index (χ0v) is 11.9. The molecule has 1 N–H and O–H groups in total. The Bertz CT molecular complexity index is 858. The van der Waals surface area contributed by atoms with E-state index in [2.05, 4.69) is 27.0 Å². The number of H-pyrrole nitrogens is 1. The minimum Gasteiger partial charge on any atom is -0.360 e. The van der Waals surface area contributed by atoms with Crippen molar-refractivity contribution in [3.63, 3.8) is 0 Å². The Balaban J connectivity index is 2.18. The van der Waals surface area contributed by atoms with Gasteiger partial charge in [0.05, 0.1) is 11.6 Å². The monoisotopic (exact) mass is 324 g/mol. The molecule has 0 bridgehead atoms. The fourth-order valence-electron chi connectivity index (χ4n) is 2.17. The molecular formula is C16H9BrN2O. The molecule has 0 unspecified atom stereocenters. The molecule has 0 aliphatic carbocycles. The number of nitriles is 1. The van der Waals surface area contributed by atoms with Crippen LogP contribution in [-0.2, 0) is 0 Å². The standard InChI is InChI=1S/C16H9BrN2O/c17-14-4-2-1-3-11(14)16(20)13-9-19-15-6-5-10(8-18)7-12(13)15/h1-7,9,19H. The Labute approximate surface area is 124 Å². The smallest absolute Gasteiger partial charge is 0.196 e. The number of nitrogens with zero attached hydrogens (tertiary/aromatic N) is 1. The fraction of sp³-hybridized carbons (Fsp3) is 0. The largest absolute Gasteiger partial charge is 0.360 e. The molecule has 1 aromatic heterocycles. The van der Waals surface area contributed by atoms with E-state index in [0.717, 1.165) is 15.4 Å². The highest BCUT2D eigenvalue weighted by atomic mass is 79.9. The number of rotatable bonds is 2. The van der Waals surface area contributed by atoms with Crippen molar-refractivity contribution in [3.05, 3.63) is 69.8 Å². The second-order valence-corrected chi connectivity index (χ2v) is 5.24. The van der Waals surface area contributed by atoms with Gasteiger partial charge in [0.1, 0.15) is 0 Å². The molecule has 0 saturated carbocycles. The van der Waals surface area contributed by atoms with Crippen LogP contribution in [0, 0.1) is 11.3 Å². The number of carbonyl (C=O) groups is 1. The summed E-state index contributed by atoms with van der Waals surface area (Å²) in [6, 6.07) is 14.7. The van der Waals surface area contributed by atoms with E-state index >= 15 is 0 Å². The van der Waals surface area contributed by atoms with Crippen LogP contribution in [0.5, 0.6) is 0 Å². The number of carbonyl (C=O) groups excluding carboxylic acids is 1. The van der Waals surface area contributed by atoms with Gasteiger partial charge >= 0.3 is 0 Å². The summed E-state index contributed by atoms with van der Waals surface area (Å²) >= 11 is 3.39. The van der Waals surface area contributed by atoms with Crippen LogP contribution in [0.2, 0.25) is 0 Å². The van der Waals surface area contributed by atoms with Crippen molar-refractivity contribution in [1.29, 1.82) is 5.26 Å². The molecule has 0 radical (unpaired) electrons. The van der Waals surface area contributed by atoms with Crippen molar-refractivity contribution < 1.29 is 4.79 Å². The summed E-state index contributed by atoms with van der Waals surface area (Å²) < 4.78 is 0.760. The van der Waals surface area contributed by atoms with Crippen molar-refractivity contribution in [2.24, 2.45) is 0 Å². The number of aromatic nitrogens is 1. The van der Waals surface area contributed by atoms with Crippen LogP contribution >= 0.6 is 15.9 Å². The van der Waals surface area contributed by atoms with Crippen LogP contribution in [0.25, 0.3) is 10.9 Å². The van der Waals surface area contributed by atoms with E-state index in [1.54, 1.807) is 24.4 Å². The van der Waals surface area contributed by atoms with Crippen LogP contribution in [0.4, 0.5) is 0 Å². The molecule has 0 saturated heterocycles. The molecule has 0 aliphatic heterocycles. The lowest BCUT2D eigenvalue weighted by molar-refractivity contribution is 0.103. The average molecular weight is 325 g/mol. The second-order valence-electron chi connectivity index (χ2n) is 4.38. The zero-order chi connectivity index (χ0) is 14.1. The predicted molar refractivity (Wildman–Crippen MR) is 80.6 cm³/mol. The van der Waals surface area contributed by atoms with Gasteiger partial charge in [-0.3, -0.25) is 4.79 Å². The topological polar surface area (TPSA) is 56.6 Å². The first-order valence-corrected chi connectivity index (χ1v) is 6.80. The fourth-order valence-corrected chi connectivity index (χ4v) is 2.63. The first-order chi connectivity index (χ1) is 9.70. The number of ketones is 1. The molecule has 3 rings (SSSR count). The van der Waals surface area contributed by atoms with Crippen molar-refractivity contribution in [1.82, 2.24) is 4.98 Å². The number of halogens is 1. The van der Waals surface area contributed by atoms with Crippen molar-refractivity contribution >= 4 is 32.6 Å². The van der Waals surface area contributed by atoms with Gasteiger partial charge in [-0.25, -0.2) is 0 Å². The molecule has 4 heteroatoms.